The zero-order chi connectivity index (χ0) is 5.56. The Morgan fingerprint density at radius 2 is 2.50 bits per heavy atom. The van der Waals surface area contributed by atoms with Crippen molar-refractivity contribution < 1.29 is 4.79 Å². The minimum atomic E-state index is 0.412. The first-order chi connectivity index (χ1) is 3.88. The van der Waals surface area contributed by atoms with Crippen LogP contribution in [0.1, 0.15) is 12.8 Å². The molecule has 0 amide bonds. The van der Waals surface area contributed by atoms with Gasteiger partial charge >= 0.3 is 0 Å². The third-order valence-electron chi connectivity index (χ3n) is 2.14. The van der Waals surface area contributed by atoms with Crippen molar-refractivity contribution in [3.8, 4) is 0 Å². The summed E-state index contributed by atoms with van der Waals surface area (Å²) in [7, 11) is 0. The largest absolute Gasteiger partial charge is 0.299 e. The molecular weight excluding hydrogens is 100 g/mol. The first kappa shape index (κ1) is 4.30. The van der Waals surface area contributed by atoms with Crippen LogP contribution in [0.2, 0.25) is 0 Å². The first-order valence-electron chi connectivity index (χ1n) is 3.07. The summed E-state index contributed by atoms with van der Waals surface area (Å²) in [6.07, 6.45) is 6.14. The van der Waals surface area contributed by atoms with E-state index in [1.807, 2.05) is 0 Å². The monoisotopic (exact) mass is 108 g/mol. The van der Waals surface area contributed by atoms with Crippen LogP contribution >= 0.6 is 0 Å². The van der Waals surface area contributed by atoms with Crippen molar-refractivity contribution in [1.29, 1.82) is 0 Å². The molecule has 1 nitrogen and oxygen atoms in total. The number of hydrogen-bond donors (Lipinski definition) is 0. The highest BCUT2D eigenvalue weighted by atomic mass is 16.1. The Morgan fingerprint density at radius 1 is 1.62 bits per heavy atom. The summed E-state index contributed by atoms with van der Waals surface area (Å²) in [6.45, 7) is 0. The van der Waals surface area contributed by atoms with Gasteiger partial charge in [0.15, 0.2) is 0 Å². The van der Waals surface area contributed by atoms with Crippen molar-refractivity contribution in [1.82, 2.24) is 0 Å². The minimum absolute atomic E-state index is 0.412. The topological polar surface area (TPSA) is 17.1 Å². The Morgan fingerprint density at radius 3 is 3.00 bits per heavy atom. The van der Waals surface area contributed by atoms with E-state index in [0.717, 1.165) is 12.8 Å². The number of hydrogen-bond acceptors (Lipinski definition) is 1. The molecule has 0 heterocycles. The lowest BCUT2D eigenvalue weighted by molar-refractivity contribution is -0.131. The second kappa shape index (κ2) is 1.22. The van der Waals surface area contributed by atoms with E-state index in [-0.39, 0.29) is 0 Å². The predicted octanol–water partition coefficient (Wildman–Crippen LogP) is 1.15. The minimum Gasteiger partial charge on any atom is -0.299 e. The van der Waals surface area contributed by atoms with Crippen molar-refractivity contribution in [3.05, 3.63) is 12.2 Å². The Balaban J connectivity index is 2.19. The highest BCUT2D eigenvalue weighted by Crippen LogP contribution is 2.38. The van der Waals surface area contributed by atoms with Crippen LogP contribution in [0.5, 0.6) is 0 Å². The van der Waals surface area contributed by atoms with E-state index in [9.17, 15) is 4.79 Å². The van der Waals surface area contributed by atoms with Gasteiger partial charge in [0.25, 0.3) is 0 Å². The van der Waals surface area contributed by atoms with E-state index in [1.165, 1.54) is 0 Å². The highest BCUT2D eigenvalue weighted by molar-refractivity contribution is 5.88. The van der Waals surface area contributed by atoms with E-state index in [0.29, 0.717) is 17.6 Å². The molecule has 0 aromatic rings. The van der Waals surface area contributed by atoms with Crippen molar-refractivity contribution in [2.24, 2.45) is 11.8 Å². The van der Waals surface area contributed by atoms with Crippen LogP contribution in [0.25, 0.3) is 0 Å². The Kier molecular flexibility index (Phi) is 0.655. The van der Waals surface area contributed by atoms with Gasteiger partial charge in [0, 0.05) is 12.3 Å². The van der Waals surface area contributed by atoms with Crippen LogP contribution in [-0.4, -0.2) is 5.78 Å². The van der Waals surface area contributed by atoms with E-state index in [4.69, 9.17) is 0 Å². The Hall–Kier alpha value is -0.590. The molecule has 0 bridgehead atoms. The van der Waals surface area contributed by atoms with Gasteiger partial charge in [-0.15, -0.1) is 0 Å². The fourth-order valence-electron chi connectivity index (χ4n) is 1.51. The van der Waals surface area contributed by atoms with Crippen molar-refractivity contribution in [2.75, 3.05) is 0 Å². The number of carbonyl (C=O) groups is 1. The van der Waals surface area contributed by atoms with Crippen LogP contribution in [0, 0.1) is 11.8 Å². The van der Waals surface area contributed by atoms with Gasteiger partial charge in [0.2, 0.25) is 0 Å². The Labute approximate surface area is 48.4 Å². The molecule has 0 aromatic carbocycles. The van der Waals surface area contributed by atoms with Crippen LogP contribution in [0.3, 0.4) is 0 Å². The van der Waals surface area contributed by atoms with Crippen LogP contribution in [0.4, 0.5) is 0 Å². The van der Waals surface area contributed by atoms with Crippen LogP contribution in [-0.2, 0) is 4.79 Å². The van der Waals surface area contributed by atoms with Crippen LogP contribution in [0.15, 0.2) is 12.2 Å². The van der Waals surface area contributed by atoms with E-state index >= 15 is 0 Å². The zero-order valence-corrected chi connectivity index (χ0v) is 4.63. The smallest absolute Gasteiger partial charge is 0.137 e. The van der Waals surface area contributed by atoms with Gasteiger partial charge in [-0.25, -0.2) is 0 Å². The van der Waals surface area contributed by atoms with Gasteiger partial charge in [0.1, 0.15) is 5.78 Å². The number of rotatable bonds is 0. The quantitative estimate of drug-likeness (QED) is 0.425. The second-order valence-electron chi connectivity index (χ2n) is 2.60. The summed E-state index contributed by atoms with van der Waals surface area (Å²) in [4.78, 5) is 10.7. The molecule has 1 heteroatoms. The van der Waals surface area contributed by atoms with Crippen molar-refractivity contribution >= 4 is 5.78 Å². The lowest BCUT2D eigenvalue weighted by atomic mass is 9.75. The molecule has 0 aliphatic heterocycles. The number of fused-ring (bicyclic) bond motifs is 1. The van der Waals surface area contributed by atoms with Crippen LogP contribution < -0.4 is 0 Å². The fraction of sp³-hybridized carbons (Fsp3) is 0.571. The second-order valence-corrected chi connectivity index (χ2v) is 2.60. The normalized spacial score (nSPS) is 41.8. The number of ketones is 1. The average molecular weight is 108 g/mol. The average Bonchev–Trinajstić information content (AvgIpc) is 2.09. The number of allylic oxidation sites excluding steroid dienone is 2. The zero-order valence-electron chi connectivity index (χ0n) is 4.63. The lowest BCUT2D eigenvalue weighted by Gasteiger charge is -2.27. The molecule has 2 rings (SSSR count). The maximum Gasteiger partial charge on any atom is 0.137 e. The maximum absolute atomic E-state index is 10.7. The van der Waals surface area contributed by atoms with E-state index < -0.39 is 0 Å². The van der Waals surface area contributed by atoms with Gasteiger partial charge in [0.05, 0.1) is 0 Å². The molecule has 8 heavy (non-hydrogen) atoms. The summed E-state index contributed by atoms with van der Waals surface area (Å²) < 4.78 is 0. The number of Topliss-reactive ketones (excluding diaryl/α,β-unsaturated/α-hetero) is 1. The molecule has 0 unspecified atom stereocenters. The molecular formula is C7H8O. The molecule has 0 N–H and O–H groups in total. The molecule has 0 spiro atoms. The molecule has 2 aliphatic rings. The summed E-state index contributed by atoms with van der Waals surface area (Å²) in [5, 5.41) is 0. The first-order valence-corrected chi connectivity index (χ1v) is 3.07. The van der Waals surface area contributed by atoms with Gasteiger partial charge in [-0.05, 0) is 12.3 Å². The molecule has 2 aliphatic carbocycles. The summed E-state index contributed by atoms with van der Waals surface area (Å²) in [5.41, 5.74) is 0. The summed E-state index contributed by atoms with van der Waals surface area (Å²) in [6, 6.07) is 0. The third kappa shape index (κ3) is 0.347. The maximum atomic E-state index is 10.7. The van der Waals surface area contributed by atoms with E-state index in [2.05, 4.69) is 12.2 Å². The SMILES string of the molecule is O=C1C[C@H]2C=CC[C@H]12. The van der Waals surface area contributed by atoms with Gasteiger partial charge in [-0.3, -0.25) is 4.79 Å². The van der Waals surface area contributed by atoms with Crippen molar-refractivity contribution in [2.45, 2.75) is 12.8 Å². The third-order valence-corrected chi connectivity index (χ3v) is 2.14. The highest BCUT2D eigenvalue weighted by Gasteiger charge is 2.39. The molecule has 0 radical (unpaired) electrons. The summed E-state index contributed by atoms with van der Waals surface area (Å²) in [5.74, 6) is 1.53. The van der Waals surface area contributed by atoms with E-state index in [1.54, 1.807) is 0 Å². The Bertz CT molecular complexity index is 158. The van der Waals surface area contributed by atoms with Gasteiger partial charge < -0.3 is 0 Å². The van der Waals surface area contributed by atoms with Crippen molar-refractivity contribution in [3.63, 3.8) is 0 Å². The lowest BCUT2D eigenvalue weighted by Crippen LogP contribution is -2.32. The fourth-order valence-corrected chi connectivity index (χ4v) is 1.51. The predicted molar refractivity (Wildman–Crippen MR) is 30.4 cm³/mol. The molecule has 0 aromatic heterocycles. The summed E-state index contributed by atoms with van der Waals surface area (Å²) >= 11 is 0. The molecule has 2 atom stereocenters. The molecule has 1 saturated carbocycles. The molecule has 0 saturated heterocycles. The van der Waals surface area contributed by atoms with Gasteiger partial charge in [-0.2, -0.15) is 0 Å². The standard InChI is InChI=1S/C7H8O/c8-7-4-5-2-1-3-6(5)7/h1-2,5-6H,3-4H2/t5-,6+/m1/s1. The van der Waals surface area contributed by atoms with Gasteiger partial charge in [-0.1, -0.05) is 12.2 Å². The number of carbonyl (C=O) groups excluding carboxylic acids is 1. The molecule has 1 fully saturated rings. The molecule has 42 valence electrons.